The molecule has 0 fully saturated rings. The second-order valence-electron chi connectivity index (χ2n) is 11.0. The van der Waals surface area contributed by atoms with Gasteiger partial charge in [-0.05, 0) is 109 Å². The SMILES string of the molecule is [c]1ccc2c3ccc(-c4ccc5c6cccc7[c]ccc(c8cccc4c85)c76)c4cccc(c5cccc1c52)c43. The molecule has 2 radical (unpaired) electrons. The van der Waals surface area contributed by atoms with Crippen LogP contribution in [0.25, 0.3) is 97.3 Å². The van der Waals surface area contributed by atoms with Crippen LogP contribution in [-0.4, -0.2) is 0 Å². The summed E-state index contributed by atoms with van der Waals surface area (Å²) < 4.78 is 0. The molecule has 10 aromatic carbocycles. The van der Waals surface area contributed by atoms with Gasteiger partial charge in [-0.15, -0.1) is 0 Å². The molecule has 10 rings (SSSR count). The molecule has 40 heavy (non-hydrogen) atoms. The predicted molar refractivity (Wildman–Crippen MR) is 172 cm³/mol. The van der Waals surface area contributed by atoms with Gasteiger partial charge in [-0.1, -0.05) is 121 Å². The predicted octanol–water partition coefficient (Wildman–Crippen LogP) is 11.1. The first-order valence-corrected chi connectivity index (χ1v) is 13.9. The van der Waals surface area contributed by atoms with Crippen molar-refractivity contribution < 1.29 is 0 Å². The molecule has 0 aromatic heterocycles. The van der Waals surface area contributed by atoms with Gasteiger partial charge >= 0.3 is 0 Å². The van der Waals surface area contributed by atoms with E-state index in [0.717, 1.165) is 0 Å². The molecule has 0 N–H and O–H groups in total. The lowest BCUT2D eigenvalue weighted by molar-refractivity contribution is 1.73. The molecule has 0 saturated carbocycles. The number of hydrogen-bond donors (Lipinski definition) is 0. The fourth-order valence-corrected chi connectivity index (χ4v) is 7.60. The summed E-state index contributed by atoms with van der Waals surface area (Å²) in [4.78, 5) is 0. The highest BCUT2D eigenvalue weighted by Gasteiger charge is 2.18. The average molecular weight is 501 g/mol. The highest BCUT2D eigenvalue weighted by Crippen LogP contribution is 2.46. The Morgan fingerprint density at radius 1 is 0.275 bits per heavy atom. The number of benzene rings is 10. The zero-order valence-electron chi connectivity index (χ0n) is 21.5. The van der Waals surface area contributed by atoms with Gasteiger partial charge in [0.15, 0.2) is 0 Å². The Kier molecular flexibility index (Phi) is 3.76. The van der Waals surface area contributed by atoms with Crippen LogP contribution >= 0.6 is 0 Å². The van der Waals surface area contributed by atoms with Crippen molar-refractivity contribution >= 4 is 86.2 Å². The monoisotopic (exact) mass is 500 g/mol. The van der Waals surface area contributed by atoms with Crippen LogP contribution in [-0.2, 0) is 0 Å². The van der Waals surface area contributed by atoms with Crippen molar-refractivity contribution in [1.29, 1.82) is 0 Å². The van der Waals surface area contributed by atoms with E-state index in [-0.39, 0.29) is 0 Å². The van der Waals surface area contributed by atoms with Gasteiger partial charge in [0, 0.05) is 0 Å². The Hall–Kier alpha value is -5.20. The van der Waals surface area contributed by atoms with E-state index < -0.39 is 0 Å². The third kappa shape index (κ3) is 2.43. The Morgan fingerprint density at radius 2 is 0.625 bits per heavy atom. The van der Waals surface area contributed by atoms with E-state index in [0.29, 0.717) is 0 Å². The normalized spacial score (nSPS) is 12.5. The van der Waals surface area contributed by atoms with E-state index in [1.807, 2.05) is 0 Å². The molecule has 0 aliphatic carbocycles. The molecule has 0 spiro atoms. The van der Waals surface area contributed by atoms with Crippen LogP contribution in [0.2, 0.25) is 0 Å². The molecule has 0 heterocycles. The van der Waals surface area contributed by atoms with Crippen molar-refractivity contribution in [3.63, 3.8) is 0 Å². The molecule has 0 aliphatic rings. The third-order valence-corrected chi connectivity index (χ3v) is 9.18. The number of fused-ring (bicyclic) bond motifs is 4. The maximum atomic E-state index is 3.45. The van der Waals surface area contributed by atoms with Gasteiger partial charge in [0.25, 0.3) is 0 Å². The second-order valence-corrected chi connectivity index (χ2v) is 11.0. The van der Waals surface area contributed by atoms with Crippen molar-refractivity contribution in [2.75, 3.05) is 0 Å². The molecule has 10 aromatic rings. The molecule has 0 nitrogen and oxygen atoms in total. The minimum absolute atomic E-state index is 1.18. The molecule has 0 saturated heterocycles. The van der Waals surface area contributed by atoms with Crippen molar-refractivity contribution in [2.24, 2.45) is 0 Å². The molecular formula is C40H20. The van der Waals surface area contributed by atoms with Crippen LogP contribution in [0, 0.1) is 12.1 Å². The van der Waals surface area contributed by atoms with Crippen molar-refractivity contribution in [3.8, 4) is 11.1 Å². The van der Waals surface area contributed by atoms with Crippen molar-refractivity contribution in [2.45, 2.75) is 0 Å². The topological polar surface area (TPSA) is 0 Å². The first-order valence-electron chi connectivity index (χ1n) is 13.9. The Morgan fingerprint density at radius 3 is 1.10 bits per heavy atom. The van der Waals surface area contributed by atoms with Gasteiger partial charge in [-0.3, -0.25) is 0 Å². The highest BCUT2D eigenvalue weighted by atomic mass is 14.2. The molecule has 0 unspecified atom stereocenters. The largest absolute Gasteiger partial charge is 0.0610 e. The van der Waals surface area contributed by atoms with Gasteiger partial charge in [0.1, 0.15) is 0 Å². The van der Waals surface area contributed by atoms with E-state index in [1.165, 1.54) is 97.3 Å². The molecule has 0 heteroatoms. The second kappa shape index (κ2) is 7.25. The summed E-state index contributed by atoms with van der Waals surface area (Å²) in [6.45, 7) is 0. The zero-order valence-corrected chi connectivity index (χ0v) is 21.5. The summed E-state index contributed by atoms with van der Waals surface area (Å²) in [6.07, 6.45) is 0. The van der Waals surface area contributed by atoms with Crippen LogP contribution < -0.4 is 0 Å². The maximum absolute atomic E-state index is 3.45. The molecule has 0 amide bonds. The summed E-state index contributed by atoms with van der Waals surface area (Å²) in [6, 6.07) is 51.7. The van der Waals surface area contributed by atoms with Gasteiger partial charge in [0.2, 0.25) is 0 Å². The van der Waals surface area contributed by atoms with Crippen LogP contribution in [0.4, 0.5) is 0 Å². The average Bonchev–Trinajstić information content (AvgIpc) is 3.02. The van der Waals surface area contributed by atoms with Crippen molar-refractivity contribution in [3.05, 3.63) is 133 Å². The van der Waals surface area contributed by atoms with Gasteiger partial charge in [0.05, 0.1) is 0 Å². The number of hydrogen-bond acceptors (Lipinski definition) is 0. The first kappa shape index (κ1) is 20.7. The van der Waals surface area contributed by atoms with Crippen LogP contribution in [0.5, 0.6) is 0 Å². The Labute approximate surface area is 230 Å². The quantitative estimate of drug-likeness (QED) is 0.155. The summed E-state index contributed by atoms with van der Waals surface area (Å²) >= 11 is 0. The Bertz CT molecular complexity index is 2350. The van der Waals surface area contributed by atoms with Crippen molar-refractivity contribution in [1.82, 2.24) is 0 Å². The molecular weight excluding hydrogens is 480 g/mol. The fourth-order valence-electron chi connectivity index (χ4n) is 7.60. The smallest absolute Gasteiger partial charge is 0.00201 e. The van der Waals surface area contributed by atoms with E-state index in [9.17, 15) is 0 Å². The Balaban J connectivity index is 1.38. The summed E-state index contributed by atoms with van der Waals surface area (Å²) in [5.74, 6) is 0. The van der Waals surface area contributed by atoms with Crippen LogP contribution in [0.15, 0.2) is 121 Å². The van der Waals surface area contributed by atoms with Gasteiger partial charge in [-0.25, -0.2) is 0 Å². The zero-order chi connectivity index (χ0) is 25.9. The van der Waals surface area contributed by atoms with Crippen LogP contribution in [0.1, 0.15) is 0 Å². The lowest BCUT2D eigenvalue weighted by Gasteiger charge is -2.19. The van der Waals surface area contributed by atoms with E-state index >= 15 is 0 Å². The lowest BCUT2D eigenvalue weighted by Crippen LogP contribution is -1.91. The summed E-state index contributed by atoms with van der Waals surface area (Å²) in [5, 5.41) is 20.7. The van der Waals surface area contributed by atoms with Gasteiger partial charge < -0.3 is 0 Å². The lowest BCUT2D eigenvalue weighted by atomic mass is 9.84. The summed E-state index contributed by atoms with van der Waals surface area (Å²) in [5.41, 5.74) is 2.57. The summed E-state index contributed by atoms with van der Waals surface area (Å²) in [7, 11) is 0. The third-order valence-electron chi connectivity index (χ3n) is 9.18. The standard InChI is InChI=1S/C40H20/c1-7-23-9-3-13-31-35-21-19-25(27-15-5-17-33(39(27)35)29(11-1)37(23)31)26-20-22-36-32-14-4-10-24-8-2-12-30(38(24)32)34-18-6-16-28(26)40(34)36/h1-7,10-22H. The van der Waals surface area contributed by atoms with E-state index in [1.54, 1.807) is 0 Å². The minimum Gasteiger partial charge on any atom is -0.0610 e. The fraction of sp³-hybridized carbons (Fsp3) is 0. The van der Waals surface area contributed by atoms with E-state index in [4.69, 9.17) is 0 Å². The molecule has 0 atom stereocenters. The number of rotatable bonds is 1. The highest BCUT2D eigenvalue weighted by molar-refractivity contribution is 6.36. The minimum atomic E-state index is 1.18. The van der Waals surface area contributed by atoms with E-state index in [2.05, 4.69) is 133 Å². The molecule has 0 bridgehead atoms. The first-order chi connectivity index (χ1) is 19.9. The maximum Gasteiger partial charge on any atom is -0.00201 e. The molecule has 0 aliphatic heterocycles. The molecule has 180 valence electrons. The van der Waals surface area contributed by atoms with Crippen LogP contribution in [0.3, 0.4) is 0 Å². The van der Waals surface area contributed by atoms with Gasteiger partial charge in [-0.2, -0.15) is 0 Å².